The zero-order chi connectivity index (χ0) is 12.0. The Hall–Kier alpha value is -1.77. The van der Waals surface area contributed by atoms with E-state index < -0.39 is 0 Å². The lowest BCUT2D eigenvalue weighted by Crippen LogP contribution is -2.34. The Balaban J connectivity index is 2.13. The Morgan fingerprint density at radius 3 is 3.06 bits per heavy atom. The van der Waals surface area contributed by atoms with Crippen molar-refractivity contribution in [3.05, 3.63) is 47.5 Å². The van der Waals surface area contributed by atoms with Crippen LogP contribution in [-0.2, 0) is 10.2 Å². The summed E-state index contributed by atoms with van der Waals surface area (Å²) in [6.45, 7) is 4.28. The van der Waals surface area contributed by atoms with Crippen molar-refractivity contribution < 1.29 is 4.74 Å². The van der Waals surface area contributed by atoms with Gasteiger partial charge in [0.15, 0.2) is 0 Å². The number of hydrogen-bond acceptors (Lipinski definition) is 3. The molecule has 88 valence electrons. The Kier molecular flexibility index (Phi) is 2.05. The third kappa shape index (κ3) is 1.32. The molecule has 0 bridgehead atoms. The summed E-state index contributed by atoms with van der Waals surface area (Å²) in [4.78, 5) is 4.34. The van der Waals surface area contributed by atoms with Crippen LogP contribution in [0.4, 0.5) is 5.69 Å². The number of aromatic nitrogens is 1. The minimum absolute atomic E-state index is 0.00502. The van der Waals surface area contributed by atoms with Crippen molar-refractivity contribution in [2.45, 2.75) is 25.3 Å². The first-order valence-electron chi connectivity index (χ1n) is 5.83. The lowest BCUT2D eigenvalue weighted by molar-refractivity contribution is 0.299. The molecular formula is C14H16N2O. The van der Waals surface area contributed by atoms with Crippen LogP contribution in [0.5, 0.6) is 0 Å². The van der Waals surface area contributed by atoms with E-state index in [9.17, 15) is 0 Å². The van der Waals surface area contributed by atoms with Crippen LogP contribution in [0.25, 0.3) is 0 Å². The number of fused-ring (bicyclic) bond motifs is 3. The summed E-state index contributed by atoms with van der Waals surface area (Å²) in [6, 6.07) is 2.35. The second kappa shape index (κ2) is 3.36. The summed E-state index contributed by atoms with van der Waals surface area (Å²) < 4.78 is 5.29. The van der Waals surface area contributed by atoms with Crippen LogP contribution in [0.1, 0.15) is 18.2 Å². The van der Waals surface area contributed by atoms with Crippen LogP contribution in [0.2, 0.25) is 0 Å². The van der Waals surface area contributed by atoms with Crippen molar-refractivity contribution in [2.24, 2.45) is 0 Å². The van der Waals surface area contributed by atoms with Gasteiger partial charge in [0.25, 0.3) is 0 Å². The molecule has 2 heterocycles. The number of allylic oxidation sites excluding steroid dienone is 1. The molecule has 0 saturated carbocycles. The summed E-state index contributed by atoms with van der Waals surface area (Å²) in [7, 11) is 1.70. The molecule has 3 nitrogen and oxygen atoms in total. The maximum atomic E-state index is 5.29. The molecule has 3 heteroatoms. The number of pyridine rings is 1. The van der Waals surface area contributed by atoms with Crippen molar-refractivity contribution in [3.63, 3.8) is 0 Å². The number of ether oxygens (including phenoxy) is 1. The van der Waals surface area contributed by atoms with E-state index in [0.29, 0.717) is 0 Å². The van der Waals surface area contributed by atoms with Gasteiger partial charge in [0.1, 0.15) is 5.76 Å². The smallest absolute Gasteiger partial charge is 0.116 e. The molecule has 0 spiro atoms. The molecule has 0 saturated heterocycles. The predicted molar refractivity (Wildman–Crippen MR) is 68.0 cm³/mol. The Bertz CT molecular complexity index is 533. The van der Waals surface area contributed by atoms with Crippen LogP contribution in [0.15, 0.2) is 36.3 Å². The fourth-order valence-electron chi connectivity index (χ4n) is 2.69. The van der Waals surface area contributed by atoms with E-state index in [1.54, 1.807) is 7.11 Å². The molecule has 1 aliphatic heterocycles. The Morgan fingerprint density at radius 2 is 2.29 bits per heavy atom. The van der Waals surface area contributed by atoms with Crippen LogP contribution in [-0.4, -0.2) is 18.1 Å². The zero-order valence-electron chi connectivity index (χ0n) is 10.3. The number of aryl methyl sites for hydroxylation is 1. The van der Waals surface area contributed by atoms with Crippen LogP contribution in [0.3, 0.4) is 0 Å². The van der Waals surface area contributed by atoms with Crippen molar-refractivity contribution in [2.75, 3.05) is 12.4 Å². The highest BCUT2D eigenvalue weighted by Gasteiger charge is 2.42. The first kappa shape index (κ1) is 10.4. The molecule has 2 atom stereocenters. The van der Waals surface area contributed by atoms with Crippen LogP contribution in [0, 0.1) is 6.92 Å². The number of methoxy groups -OCH3 is 1. The van der Waals surface area contributed by atoms with Gasteiger partial charge in [0.05, 0.1) is 24.5 Å². The zero-order valence-corrected chi connectivity index (χ0v) is 10.3. The van der Waals surface area contributed by atoms with Crippen LogP contribution < -0.4 is 5.32 Å². The van der Waals surface area contributed by atoms with E-state index in [4.69, 9.17) is 4.74 Å². The van der Waals surface area contributed by atoms with Gasteiger partial charge in [-0.15, -0.1) is 0 Å². The van der Waals surface area contributed by atoms with Crippen LogP contribution >= 0.6 is 0 Å². The van der Waals surface area contributed by atoms with Crippen molar-refractivity contribution >= 4 is 5.69 Å². The summed E-state index contributed by atoms with van der Waals surface area (Å²) in [5, 5.41) is 3.54. The monoisotopic (exact) mass is 228 g/mol. The van der Waals surface area contributed by atoms with Gasteiger partial charge < -0.3 is 10.1 Å². The van der Waals surface area contributed by atoms with E-state index in [1.165, 1.54) is 11.3 Å². The minimum atomic E-state index is 0.00502. The van der Waals surface area contributed by atoms with Crippen molar-refractivity contribution in [3.8, 4) is 0 Å². The molecule has 3 rings (SSSR count). The molecule has 17 heavy (non-hydrogen) atoms. The topological polar surface area (TPSA) is 34.1 Å². The molecular weight excluding hydrogens is 212 g/mol. The largest absolute Gasteiger partial charge is 0.497 e. The quantitative estimate of drug-likeness (QED) is 0.802. The van der Waals surface area contributed by atoms with E-state index in [1.807, 2.05) is 19.2 Å². The number of hydrogen-bond donors (Lipinski definition) is 1. The van der Waals surface area contributed by atoms with Crippen molar-refractivity contribution in [1.29, 1.82) is 0 Å². The number of anilines is 1. The molecule has 1 aliphatic carbocycles. The Labute approximate surface area is 101 Å². The summed E-state index contributed by atoms with van der Waals surface area (Å²) in [5.74, 6) is 0.915. The highest BCUT2D eigenvalue weighted by atomic mass is 16.5. The summed E-state index contributed by atoms with van der Waals surface area (Å²) in [6.07, 6.45) is 8.28. The van der Waals surface area contributed by atoms with Gasteiger partial charge in [0.2, 0.25) is 0 Å². The number of nitrogens with one attached hydrogen (secondary N) is 1. The van der Waals surface area contributed by atoms with Gasteiger partial charge in [-0.05, 0) is 37.6 Å². The molecule has 2 aliphatic rings. The second-order valence-corrected chi connectivity index (χ2v) is 4.83. The third-order valence-corrected chi connectivity index (χ3v) is 3.83. The van der Waals surface area contributed by atoms with E-state index in [-0.39, 0.29) is 11.5 Å². The number of rotatable bonds is 1. The SMILES string of the molecule is COC1=CC2Nc3c(ccnc3C)C2(C)C=C1. The fraction of sp³-hybridized carbons (Fsp3) is 0.357. The lowest BCUT2D eigenvalue weighted by Gasteiger charge is -2.29. The first-order valence-corrected chi connectivity index (χ1v) is 5.83. The molecule has 1 N–H and O–H groups in total. The van der Waals surface area contributed by atoms with E-state index in [0.717, 1.165) is 11.5 Å². The van der Waals surface area contributed by atoms with Gasteiger partial charge >= 0.3 is 0 Å². The van der Waals surface area contributed by atoms with E-state index >= 15 is 0 Å². The molecule has 0 aromatic carbocycles. The molecule has 0 radical (unpaired) electrons. The summed E-state index contributed by atoms with van der Waals surface area (Å²) >= 11 is 0. The first-order chi connectivity index (χ1) is 8.15. The standard InChI is InChI=1S/C14H16N2O/c1-9-13-11(5-7-15-9)14(2)6-4-10(17-3)8-12(14)16-13/h4-8,12,16H,1-3H3. The normalized spacial score (nSPS) is 29.1. The highest BCUT2D eigenvalue weighted by Crippen LogP contribution is 2.45. The minimum Gasteiger partial charge on any atom is -0.497 e. The van der Waals surface area contributed by atoms with Gasteiger partial charge in [-0.2, -0.15) is 0 Å². The molecule has 2 unspecified atom stereocenters. The highest BCUT2D eigenvalue weighted by molar-refractivity contribution is 5.68. The fourth-order valence-corrected chi connectivity index (χ4v) is 2.69. The second-order valence-electron chi connectivity index (χ2n) is 4.83. The molecule has 0 fully saturated rings. The maximum absolute atomic E-state index is 5.29. The number of nitrogens with zero attached hydrogens (tertiary/aromatic N) is 1. The van der Waals surface area contributed by atoms with Gasteiger partial charge in [-0.1, -0.05) is 6.08 Å². The van der Waals surface area contributed by atoms with Crippen molar-refractivity contribution in [1.82, 2.24) is 4.98 Å². The summed E-state index contributed by atoms with van der Waals surface area (Å²) in [5.41, 5.74) is 3.54. The van der Waals surface area contributed by atoms with E-state index in [2.05, 4.69) is 35.4 Å². The van der Waals surface area contributed by atoms with Gasteiger partial charge in [-0.3, -0.25) is 4.98 Å². The molecule has 1 aromatic rings. The average Bonchev–Trinajstić information content (AvgIpc) is 2.63. The maximum Gasteiger partial charge on any atom is 0.116 e. The van der Waals surface area contributed by atoms with Gasteiger partial charge in [0, 0.05) is 11.6 Å². The van der Waals surface area contributed by atoms with Gasteiger partial charge in [-0.25, -0.2) is 0 Å². The molecule has 1 aromatic heterocycles. The Morgan fingerprint density at radius 1 is 1.47 bits per heavy atom. The lowest BCUT2D eigenvalue weighted by atomic mass is 9.76. The predicted octanol–water partition coefficient (Wildman–Crippen LogP) is 2.54. The third-order valence-electron chi connectivity index (χ3n) is 3.83. The average molecular weight is 228 g/mol. The molecule has 0 amide bonds.